The number of aliphatic imine (C=N–C) groups is 1. The quantitative estimate of drug-likeness (QED) is 0.417. The molecule has 0 rings (SSSR count). The highest BCUT2D eigenvalue weighted by Gasteiger charge is 1.87. The number of nitrogens with zero attached hydrogens (tertiary/aromatic N) is 1. The van der Waals surface area contributed by atoms with Crippen LogP contribution in [0.1, 0.15) is 19.8 Å². The van der Waals surface area contributed by atoms with Gasteiger partial charge in [0.1, 0.15) is 0 Å². The van der Waals surface area contributed by atoms with Crippen molar-refractivity contribution in [2.75, 3.05) is 7.05 Å². The summed E-state index contributed by atoms with van der Waals surface area (Å²) in [6, 6.07) is 0. The van der Waals surface area contributed by atoms with Crippen LogP contribution < -0.4 is 0 Å². The third-order valence-corrected chi connectivity index (χ3v) is 1.22. The van der Waals surface area contributed by atoms with E-state index in [2.05, 4.69) is 18.5 Å². The van der Waals surface area contributed by atoms with Crippen LogP contribution in [0.5, 0.6) is 0 Å². The maximum atomic E-state index is 4.10. The molecular formula is C9H15N. The van der Waals surface area contributed by atoms with E-state index in [0.717, 1.165) is 18.6 Å². The van der Waals surface area contributed by atoms with Crippen molar-refractivity contribution in [1.29, 1.82) is 0 Å². The first-order valence-corrected chi connectivity index (χ1v) is 3.60. The summed E-state index contributed by atoms with van der Waals surface area (Å²) >= 11 is 0. The van der Waals surface area contributed by atoms with Gasteiger partial charge in [0, 0.05) is 12.8 Å². The Hall–Kier alpha value is -0.850. The molecule has 0 heterocycles. The molecule has 0 aromatic rings. The maximum absolute atomic E-state index is 4.10. The van der Waals surface area contributed by atoms with E-state index < -0.39 is 0 Å². The van der Waals surface area contributed by atoms with E-state index in [1.165, 1.54) is 0 Å². The molecule has 0 saturated heterocycles. The largest absolute Gasteiger partial charge is 0.293 e. The minimum absolute atomic E-state index is 1.06. The standard InChI is InChI=1S/C9H15N/c1-4-6-8-9(10-3)7-5-2/h4,6,8H,1,5,7H2,2-3H3/b8-6-,10-9?. The van der Waals surface area contributed by atoms with Crippen molar-refractivity contribution in [2.24, 2.45) is 4.99 Å². The Kier molecular flexibility index (Phi) is 5.74. The Morgan fingerprint density at radius 1 is 1.60 bits per heavy atom. The maximum Gasteiger partial charge on any atom is 0.0344 e. The zero-order chi connectivity index (χ0) is 7.82. The Labute approximate surface area is 63.2 Å². The smallest absolute Gasteiger partial charge is 0.0344 e. The van der Waals surface area contributed by atoms with Gasteiger partial charge in [-0.3, -0.25) is 4.99 Å². The second-order valence-electron chi connectivity index (χ2n) is 2.06. The van der Waals surface area contributed by atoms with E-state index in [1.54, 1.807) is 6.08 Å². The summed E-state index contributed by atoms with van der Waals surface area (Å²) in [7, 11) is 1.82. The zero-order valence-electron chi connectivity index (χ0n) is 6.80. The molecule has 56 valence electrons. The average Bonchev–Trinajstić information content (AvgIpc) is 1.98. The molecule has 1 heteroatoms. The molecule has 0 aliphatic heterocycles. The van der Waals surface area contributed by atoms with Crippen molar-refractivity contribution in [3.63, 3.8) is 0 Å². The predicted octanol–water partition coefficient (Wildman–Crippen LogP) is 2.60. The minimum atomic E-state index is 1.06. The molecule has 0 saturated carbocycles. The molecule has 1 nitrogen and oxygen atoms in total. The van der Waals surface area contributed by atoms with Crippen LogP contribution in [0.4, 0.5) is 0 Å². The highest BCUT2D eigenvalue weighted by atomic mass is 14.7. The van der Waals surface area contributed by atoms with Gasteiger partial charge in [-0.25, -0.2) is 0 Å². The Morgan fingerprint density at radius 3 is 2.70 bits per heavy atom. The lowest BCUT2D eigenvalue weighted by Gasteiger charge is -1.93. The highest BCUT2D eigenvalue weighted by Crippen LogP contribution is 1.93. The zero-order valence-corrected chi connectivity index (χ0v) is 6.80. The number of hydrogen-bond acceptors (Lipinski definition) is 1. The normalized spacial score (nSPS) is 12.4. The summed E-state index contributed by atoms with van der Waals surface area (Å²) in [5.74, 6) is 0. The van der Waals surface area contributed by atoms with Crippen molar-refractivity contribution in [2.45, 2.75) is 19.8 Å². The van der Waals surface area contributed by atoms with Crippen molar-refractivity contribution < 1.29 is 0 Å². The van der Waals surface area contributed by atoms with Crippen molar-refractivity contribution in [1.82, 2.24) is 0 Å². The van der Waals surface area contributed by atoms with Gasteiger partial charge < -0.3 is 0 Å². The van der Waals surface area contributed by atoms with Crippen LogP contribution in [0, 0.1) is 0 Å². The van der Waals surface area contributed by atoms with Gasteiger partial charge in [0.15, 0.2) is 0 Å². The fourth-order valence-corrected chi connectivity index (χ4v) is 0.705. The van der Waals surface area contributed by atoms with Crippen molar-refractivity contribution >= 4 is 5.71 Å². The van der Waals surface area contributed by atoms with Gasteiger partial charge in [-0.15, -0.1) is 0 Å². The lowest BCUT2D eigenvalue weighted by molar-refractivity contribution is 0.993. The first-order valence-electron chi connectivity index (χ1n) is 3.60. The number of rotatable bonds is 4. The fourth-order valence-electron chi connectivity index (χ4n) is 0.705. The molecular weight excluding hydrogens is 122 g/mol. The molecule has 0 atom stereocenters. The third kappa shape index (κ3) is 4.07. The lowest BCUT2D eigenvalue weighted by atomic mass is 10.2. The lowest BCUT2D eigenvalue weighted by Crippen LogP contribution is -1.90. The summed E-state index contributed by atoms with van der Waals surface area (Å²) < 4.78 is 0. The first-order chi connectivity index (χ1) is 4.85. The highest BCUT2D eigenvalue weighted by molar-refractivity contribution is 5.94. The Morgan fingerprint density at radius 2 is 2.30 bits per heavy atom. The third-order valence-electron chi connectivity index (χ3n) is 1.22. The summed E-state index contributed by atoms with van der Waals surface area (Å²) in [6.45, 7) is 5.73. The molecule has 0 aromatic heterocycles. The van der Waals surface area contributed by atoms with Crippen LogP contribution in [0.25, 0.3) is 0 Å². The van der Waals surface area contributed by atoms with E-state index in [4.69, 9.17) is 0 Å². The summed E-state index contributed by atoms with van der Waals surface area (Å²) in [6.07, 6.45) is 7.88. The SMILES string of the molecule is C=C/C=C\C(CCC)=NC. The first kappa shape index (κ1) is 9.15. The summed E-state index contributed by atoms with van der Waals surface area (Å²) in [5.41, 5.74) is 1.14. The van der Waals surface area contributed by atoms with E-state index in [-0.39, 0.29) is 0 Å². The number of hydrogen-bond donors (Lipinski definition) is 0. The average molecular weight is 137 g/mol. The van der Waals surface area contributed by atoms with Gasteiger partial charge >= 0.3 is 0 Å². The van der Waals surface area contributed by atoms with Crippen LogP contribution in [-0.4, -0.2) is 12.8 Å². The van der Waals surface area contributed by atoms with E-state index in [0.29, 0.717) is 0 Å². The summed E-state index contributed by atoms with van der Waals surface area (Å²) in [5, 5.41) is 0. The fraction of sp³-hybridized carbons (Fsp3) is 0.444. The van der Waals surface area contributed by atoms with Crippen molar-refractivity contribution in [3.05, 3.63) is 24.8 Å². The van der Waals surface area contributed by atoms with Crippen LogP contribution in [0.15, 0.2) is 29.8 Å². The second kappa shape index (κ2) is 6.27. The van der Waals surface area contributed by atoms with Gasteiger partial charge in [0.05, 0.1) is 0 Å². The molecule has 0 bridgehead atoms. The molecule has 0 amide bonds. The second-order valence-corrected chi connectivity index (χ2v) is 2.06. The van der Waals surface area contributed by atoms with Crippen molar-refractivity contribution in [3.8, 4) is 0 Å². The van der Waals surface area contributed by atoms with Gasteiger partial charge in [-0.1, -0.05) is 32.1 Å². The number of allylic oxidation sites excluding steroid dienone is 3. The van der Waals surface area contributed by atoms with E-state index >= 15 is 0 Å². The Bertz CT molecular complexity index is 143. The van der Waals surface area contributed by atoms with Crippen LogP contribution >= 0.6 is 0 Å². The van der Waals surface area contributed by atoms with Gasteiger partial charge in [0.2, 0.25) is 0 Å². The monoisotopic (exact) mass is 137 g/mol. The van der Waals surface area contributed by atoms with E-state index in [9.17, 15) is 0 Å². The molecule has 0 N–H and O–H groups in total. The van der Waals surface area contributed by atoms with Gasteiger partial charge in [-0.05, 0) is 12.5 Å². The molecule has 0 spiro atoms. The predicted molar refractivity (Wildman–Crippen MR) is 47.6 cm³/mol. The molecule has 0 aromatic carbocycles. The van der Waals surface area contributed by atoms with Gasteiger partial charge in [-0.2, -0.15) is 0 Å². The van der Waals surface area contributed by atoms with Gasteiger partial charge in [0.25, 0.3) is 0 Å². The Balaban J connectivity index is 3.84. The topological polar surface area (TPSA) is 12.4 Å². The molecule has 0 fully saturated rings. The molecule has 0 radical (unpaired) electrons. The molecule has 0 unspecified atom stereocenters. The van der Waals surface area contributed by atoms with E-state index in [1.807, 2.05) is 19.2 Å². The molecule has 0 aliphatic rings. The summed E-state index contributed by atoms with van der Waals surface area (Å²) in [4.78, 5) is 4.10. The van der Waals surface area contributed by atoms with Crippen LogP contribution in [0.3, 0.4) is 0 Å². The minimum Gasteiger partial charge on any atom is -0.293 e. The molecule has 0 aliphatic carbocycles. The van der Waals surface area contributed by atoms with Crippen LogP contribution in [0.2, 0.25) is 0 Å². The molecule has 10 heavy (non-hydrogen) atoms. The van der Waals surface area contributed by atoms with Crippen LogP contribution in [-0.2, 0) is 0 Å².